The number of H-pyrrole nitrogens is 1. The molecule has 3 rings (SSSR count). The molecule has 2 aromatic heterocycles. The minimum absolute atomic E-state index is 0.000882. The highest BCUT2D eigenvalue weighted by molar-refractivity contribution is 5.96. The van der Waals surface area contributed by atoms with Crippen LogP contribution in [0.4, 0.5) is 0 Å². The van der Waals surface area contributed by atoms with Crippen LogP contribution < -0.4 is 0 Å². The summed E-state index contributed by atoms with van der Waals surface area (Å²) in [7, 11) is 0. The summed E-state index contributed by atoms with van der Waals surface area (Å²) in [4.78, 5) is 33.2. The zero-order valence-electron chi connectivity index (χ0n) is 13.0. The molecule has 1 N–H and O–H groups in total. The molecule has 1 aliphatic heterocycles. The maximum absolute atomic E-state index is 12.5. The van der Waals surface area contributed by atoms with Gasteiger partial charge in [-0.15, -0.1) is 0 Å². The van der Waals surface area contributed by atoms with Crippen LogP contribution in [0.25, 0.3) is 0 Å². The Kier molecular flexibility index (Phi) is 3.56. The second kappa shape index (κ2) is 5.40. The highest BCUT2D eigenvalue weighted by atomic mass is 16.2. The highest BCUT2D eigenvalue weighted by Gasteiger charge is 2.24. The smallest absolute Gasteiger partial charge is 0.244 e. The molecule has 0 radical (unpaired) electrons. The zero-order valence-corrected chi connectivity index (χ0v) is 13.0. The van der Waals surface area contributed by atoms with Gasteiger partial charge in [-0.05, 0) is 20.8 Å². The summed E-state index contributed by atoms with van der Waals surface area (Å²) in [6, 6.07) is 0. The molecular weight excluding hydrogens is 282 g/mol. The molecular formula is C15H19N5O2. The fourth-order valence-corrected chi connectivity index (χ4v) is 3.01. The van der Waals surface area contributed by atoms with Crippen molar-refractivity contribution in [3.8, 4) is 0 Å². The van der Waals surface area contributed by atoms with Crippen molar-refractivity contribution in [1.29, 1.82) is 0 Å². The van der Waals surface area contributed by atoms with Gasteiger partial charge in [-0.2, -0.15) is 5.10 Å². The van der Waals surface area contributed by atoms with E-state index in [0.717, 1.165) is 23.5 Å². The molecule has 2 aromatic rings. The van der Waals surface area contributed by atoms with Crippen LogP contribution in [-0.2, 0) is 24.3 Å². The largest absolute Gasteiger partial charge is 0.347 e. The van der Waals surface area contributed by atoms with Crippen LogP contribution in [-0.4, -0.2) is 42.9 Å². The standard InChI is InChI=1S/C15H19N5O2/c1-9-15(11(3)21)10(2)20(18-9)7-14(22)19-5-4-12-13(6-19)17-8-16-12/h8H,4-7H2,1-3H3,(H,16,17). The summed E-state index contributed by atoms with van der Waals surface area (Å²) < 4.78 is 1.62. The van der Waals surface area contributed by atoms with Crippen LogP contribution in [0.2, 0.25) is 0 Å². The number of fused-ring (bicyclic) bond motifs is 1. The summed E-state index contributed by atoms with van der Waals surface area (Å²) in [6.07, 6.45) is 2.43. The first-order valence-corrected chi connectivity index (χ1v) is 7.31. The van der Waals surface area contributed by atoms with E-state index < -0.39 is 0 Å². The molecule has 0 aromatic carbocycles. The third-order valence-corrected chi connectivity index (χ3v) is 4.15. The van der Waals surface area contributed by atoms with E-state index in [4.69, 9.17) is 0 Å². The number of aryl methyl sites for hydroxylation is 1. The Morgan fingerprint density at radius 1 is 1.36 bits per heavy atom. The Morgan fingerprint density at radius 2 is 2.14 bits per heavy atom. The van der Waals surface area contributed by atoms with E-state index in [1.165, 1.54) is 6.92 Å². The van der Waals surface area contributed by atoms with Crippen molar-refractivity contribution in [2.75, 3.05) is 6.54 Å². The predicted molar refractivity (Wildman–Crippen MR) is 79.4 cm³/mol. The first-order valence-electron chi connectivity index (χ1n) is 7.31. The number of imidazole rings is 1. The molecule has 0 atom stereocenters. The lowest BCUT2D eigenvalue weighted by molar-refractivity contribution is -0.133. The lowest BCUT2D eigenvalue weighted by atomic mass is 10.1. The molecule has 1 amide bonds. The van der Waals surface area contributed by atoms with E-state index in [1.807, 2.05) is 6.92 Å². The number of ketones is 1. The van der Waals surface area contributed by atoms with Crippen LogP contribution in [0, 0.1) is 13.8 Å². The van der Waals surface area contributed by atoms with Gasteiger partial charge in [0.1, 0.15) is 6.54 Å². The summed E-state index contributed by atoms with van der Waals surface area (Å²) in [5.41, 5.74) is 4.07. The summed E-state index contributed by atoms with van der Waals surface area (Å²) >= 11 is 0. The topological polar surface area (TPSA) is 83.9 Å². The highest BCUT2D eigenvalue weighted by Crippen LogP contribution is 2.17. The van der Waals surface area contributed by atoms with Crippen LogP contribution in [0.3, 0.4) is 0 Å². The number of nitrogens with zero attached hydrogens (tertiary/aromatic N) is 4. The maximum atomic E-state index is 12.5. The number of aromatic amines is 1. The number of aromatic nitrogens is 4. The monoisotopic (exact) mass is 301 g/mol. The number of carbonyl (C=O) groups excluding carboxylic acids is 2. The van der Waals surface area contributed by atoms with E-state index in [9.17, 15) is 9.59 Å². The predicted octanol–water partition coefficient (Wildman–Crippen LogP) is 1.01. The number of hydrogen-bond donors (Lipinski definition) is 1. The molecule has 3 heterocycles. The Hall–Kier alpha value is -2.44. The average Bonchev–Trinajstić information content (AvgIpc) is 3.02. The molecule has 0 fully saturated rings. The van der Waals surface area contributed by atoms with Crippen molar-refractivity contribution in [1.82, 2.24) is 24.6 Å². The summed E-state index contributed by atoms with van der Waals surface area (Å²) in [5, 5.41) is 4.33. The van der Waals surface area contributed by atoms with E-state index in [-0.39, 0.29) is 18.2 Å². The summed E-state index contributed by atoms with van der Waals surface area (Å²) in [5.74, 6) is -0.0188. The SMILES string of the molecule is CC(=O)c1c(C)nn(CC(=O)N2CCc3nc[nH]c3C2)c1C. The minimum atomic E-state index is -0.0197. The van der Waals surface area contributed by atoms with Gasteiger partial charge in [-0.1, -0.05) is 0 Å². The van der Waals surface area contributed by atoms with E-state index in [1.54, 1.807) is 22.8 Å². The van der Waals surface area contributed by atoms with Gasteiger partial charge in [0.15, 0.2) is 5.78 Å². The molecule has 0 saturated heterocycles. The van der Waals surface area contributed by atoms with Crippen molar-refractivity contribution < 1.29 is 9.59 Å². The second-order valence-electron chi connectivity index (χ2n) is 5.65. The van der Waals surface area contributed by atoms with Crippen LogP contribution in [0.1, 0.15) is 40.1 Å². The zero-order chi connectivity index (χ0) is 15.9. The molecule has 22 heavy (non-hydrogen) atoms. The molecule has 7 heteroatoms. The normalized spacial score (nSPS) is 14.0. The fourth-order valence-electron chi connectivity index (χ4n) is 3.01. The number of carbonyl (C=O) groups is 2. The van der Waals surface area contributed by atoms with E-state index in [2.05, 4.69) is 15.1 Å². The minimum Gasteiger partial charge on any atom is -0.347 e. The Labute approximate surface area is 128 Å². The first-order chi connectivity index (χ1) is 10.5. The van der Waals surface area contributed by atoms with Crippen molar-refractivity contribution in [2.24, 2.45) is 0 Å². The van der Waals surface area contributed by atoms with Gasteiger partial charge < -0.3 is 9.88 Å². The number of hydrogen-bond acceptors (Lipinski definition) is 4. The second-order valence-corrected chi connectivity index (χ2v) is 5.65. The lowest BCUT2D eigenvalue weighted by Crippen LogP contribution is -2.38. The molecule has 1 aliphatic rings. The number of rotatable bonds is 3. The van der Waals surface area contributed by atoms with E-state index >= 15 is 0 Å². The van der Waals surface area contributed by atoms with Gasteiger partial charge in [0.2, 0.25) is 5.91 Å². The molecule has 0 saturated carbocycles. The van der Waals surface area contributed by atoms with E-state index in [0.29, 0.717) is 24.3 Å². The third kappa shape index (κ3) is 2.43. The molecule has 7 nitrogen and oxygen atoms in total. The van der Waals surface area contributed by atoms with Gasteiger partial charge >= 0.3 is 0 Å². The van der Waals surface area contributed by atoms with Crippen molar-refractivity contribution in [3.05, 3.63) is 34.7 Å². The molecule has 0 aliphatic carbocycles. The van der Waals surface area contributed by atoms with Gasteiger partial charge in [0.25, 0.3) is 0 Å². The Bertz CT molecular complexity index is 743. The van der Waals surface area contributed by atoms with Crippen molar-refractivity contribution >= 4 is 11.7 Å². The average molecular weight is 301 g/mol. The fraction of sp³-hybridized carbons (Fsp3) is 0.467. The first kappa shape index (κ1) is 14.5. The lowest BCUT2D eigenvalue weighted by Gasteiger charge is -2.26. The number of amides is 1. The number of Topliss-reactive ketones (excluding diaryl/α,β-unsaturated/α-hetero) is 1. The van der Waals surface area contributed by atoms with Crippen molar-refractivity contribution in [2.45, 2.75) is 40.3 Å². The third-order valence-electron chi connectivity index (χ3n) is 4.15. The Morgan fingerprint density at radius 3 is 2.82 bits per heavy atom. The van der Waals surface area contributed by atoms with Crippen LogP contribution in [0.5, 0.6) is 0 Å². The van der Waals surface area contributed by atoms with Crippen molar-refractivity contribution in [3.63, 3.8) is 0 Å². The quantitative estimate of drug-likeness (QED) is 0.858. The van der Waals surface area contributed by atoms with Crippen LogP contribution in [0.15, 0.2) is 6.33 Å². The molecule has 0 spiro atoms. The number of nitrogens with one attached hydrogen (secondary N) is 1. The molecule has 0 unspecified atom stereocenters. The van der Waals surface area contributed by atoms with Gasteiger partial charge in [-0.25, -0.2) is 4.98 Å². The van der Waals surface area contributed by atoms with Gasteiger partial charge in [0.05, 0.1) is 35.5 Å². The Balaban J connectivity index is 1.76. The van der Waals surface area contributed by atoms with Gasteiger partial charge in [0, 0.05) is 18.7 Å². The maximum Gasteiger partial charge on any atom is 0.244 e. The molecule has 116 valence electrons. The van der Waals surface area contributed by atoms with Crippen LogP contribution >= 0.6 is 0 Å². The molecule has 0 bridgehead atoms. The van der Waals surface area contributed by atoms with Gasteiger partial charge in [-0.3, -0.25) is 14.3 Å². The summed E-state index contributed by atoms with van der Waals surface area (Å²) in [6.45, 7) is 6.51.